The van der Waals surface area contributed by atoms with Crippen molar-refractivity contribution in [1.29, 1.82) is 0 Å². The molecule has 0 radical (unpaired) electrons. The number of nitrogens with zero attached hydrogens (tertiary/aromatic N) is 3. The fraction of sp³-hybridized carbons (Fsp3) is 0.312. The van der Waals surface area contributed by atoms with Gasteiger partial charge in [-0.2, -0.15) is 0 Å². The molecule has 4 nitrogen and oxygen atoms in total. The molecule has 0 amide bonds. The van der Waals surface area contributed by atoms with E-state index in [2.05, 4.69) is 111 Å². The van der Waals surface area contributed by atoms with Crippen molar-refractivity contribution in [3.05, 3.63) is 112 Å². The van der Waals surface area contributed by atoms with Crippen LogP contribution in [0.4, 0.5) is 5.69 Å². The van der Waals surface area contributed by atoms with E-state index in [1.54, 1.807) is 0 Å². The lowest BCUT2D eigenvalue weighted by molar-refractivity contribution is 0.565. The van der Waals surface area contributed by atoms with Gasteiger partial charge in [0.1, 0.15) is 0 Å². The highest BCUT2D eigenvalue weighted by atomic mass is 32.1. The smallest absolute Gasteiger partial charge is 0.174 e. The molecule has 1 fully saturated rings. The summed E-state index contributed by atoms with van der Waals surface area (Å²) in [5, 5.41) is 4.35. The second-order valence-corrected chi connectivity index (χ2v) is 10.7. The van der Waals surface area contributed by atoms with Gasteiger partial charge in [-0.15, -0.1) is 0 Å². The van der Waals surface area contributed by atoms with Crippen molar-refractivity contribution < 1.29 is 0 Å². The second-order valence-electron chi connectivity index (χ2n) is 10.3. The Balaban J connectivity index is 1.69. The molecule has 0 bridgehead atoms. The zero-order chi connectivity index (χ0) is 26.3. The fourth-order valence-electron chi connectivity index (χ4n) is 5.72. The van der Waals surface area contributed by atoms with Crippen LogP contribution in [-0.2, 0) is 6.42 Å². The molecule has 5 heteroatoms. The molecule has 1 saturated heterocycles. The minimum atomic E-state index is -0.0602. The van der Waals surface area contributed by atoms with E-state index in [4.69, 9.17) is 17.2 Å². The molecule has 0 saturated carbocycles. The quantitative estimate of drug-likeness (QED) is 0.271. The van der Waals surface area contributed by atoms with Gasteiger partial charge < -0.3 is 14.8 Å². The highest BCUT2D eigenvalue weighted by Crippen LogP contribution is 2.44. The molecule has 2 aromatic carbocycles. The van der Waals surface area contributed by atoms with Gasteiger partial charge in [0.05, 0.1) is 23.5 Å². The number of rotatable bonds is 6. The third-order valence-corrected chi connectivity index (χ3v) is 7.97. The van der Waals surface area contributed by atoms with Crippen molar-refractivity contribution in [2.24, 2.45) is 0 Å². The topological polar surface area (TPSA) is 33.1 Å². The van der Waals surface area contributed by atoms with Gasteiger partial charge in [-0.25, -0.2) is 0 Å². The first kappa shape index (κ1) is 25.2. The first-order valence-electron chi connectivity index (χ1n) is 13.2. The maximum absolute atomic E-state index is 5.98. The Morgan fingerprint density at radius 3 is 2.38 bits per heavy atom. The summed E-state index contributed by atoms with van der Waals surface area (Å²) in [5.41, 5.74) is 11.1. The summed E-state index contributed by atoms with van der Waals surface area (Å²) in [4.78, 5) is 7.02. The number of pyridine rings is 1. The van der Waals surface area contributed by atoms with Crippen molar-refractivity contribution in [3.8, 4) is 5.69 Å². The van der Waals surface area contributed by atoms with Crippen molar-refractivity contribution in [2.75, 3.05) is 4.90 Å². The van der Waals surface area contributed by atoms with Gasteiger partial charge in [0.25, 0.3) is 0 Å². The summed E-state index contributed by atoms with van der Waals surface area (Å²) in [6.07, 6.45) is 2.85. The molecule has 37 heavy (non-hydrogen) atoms. The Kier molecular flexibility index (Phi) is 6.91. The molecule has 2 aromatic heterocycles. The molecule has 2 atom stereocenters. The number of hydrogen-bond donors (Lipinski definition) is 1. The zero-order valence-electron chi connectivity index (χ0n) is 22.6. The number of hydrogen-bond acceptors (Lipinski definition) is 2. The maximum atomic E-state index is 5.98. The Morgan fingerprint density at radius 1 is 0.973 bits per heavy atom. The van der Waals surface area contributed by atoms with Crippen molar-refractivity contribution in [1.82, 2.24) is 14.9 Å². The van der Waals surface area contributed by atoms with Gasteiger partial charge in [0.2, 0.25) is 0 Å². The summed E-state index contributed by atoms with van der Waals surface area (Å²) in [7, 11) is 0. The van der Waals surface area contributed by atoms with E-state index in [0.29, 0.717) is 5.92 Å². The second kappa shape index (κ2) is 10.1. The number of benzene rings is 2. The standard InChI is InChI=1S/C32H36N4S/c1-7-24-12-10-11-21(4)30(24)35-22(5)19-27(23(35)6)31-29(28-13-8-9-18-33-28)34-32(37)36(31)26-16-14-25(15-17-26)20(2)3/h8-20,29,31H,7H2,1-6H3,(H,34,37)/t29-,31-/m1/s1. The Labute approximate surface area is 226 Å². The normalized spacial score (nSPS) is 17.5. The lowest BCUT2D eigenvalue weighted by Crippen LogP contribution is -2.29. The van der Waals surface area contributed by atoms with Crippen LogP contribution in [0, 0.1) is 20.8 Å². The summed E-state index contributed by atoms with van der Waals surface area (Å²) < 4.78 is 2.43. The van der Waals surface area contributed by atoms with Crippen LogP contribution >= 0.6 is 12.2 Å². The van der Waals surface area contributed by atoms with Gasteiger partial charge in [-0.1, -0.05) is 57.2 Å². The highest BCUT2D eigenvalue weighted by Gasteiger charge is 2.42. The third kappa shape index (κ3) is 4.46. The fourth-order valence-corrected chi connectivity index (χ4v) is 6.07. The average molecular weight is 509 g/mol. The highest BCUT2D eigenvalue weighted by molar-refractivity contribution is 7.80. The number of thiocarbonyl (C=S) groups is 1. The van der Waals surface area contributed by atoms with Crippen LogP contribution < -0.4 is 10.2 Å². The molecule has 1 aliphatic heterocycles. The summed E-state index contributed by atoms with van der Waals surface area (Å²) in [6.45, 7) is 13.3. The molecule has 0 spiro atoms. The molecule has 0 unspecified atom stereocenters. The molecule has 3 heterocycles. The molecule has 0 aliphatic carbocycles. The lowest BCUT2D eigenvalue weighted by Gasteiger charge is -2.28. The van der Waals surface area contributed by atoms with Crippen LogP contribution in [-0.4, -0.2) is 14.7 Å². The van der Waals surface area contributed by atoms with Crippen LogP contribution in [0.5, 0.6) is 0 Å². The Morgan fingerprint density at radius 2 is 1.73 bits per heavy atom. The van der Waals surface area contributed by atoms with E-state index in [-0.39, 0.29) is 12.1 Å². The van der Waals surface area contributed by atoms with Gasteiger partial charge in [0.15, 0.2) is 5.11 Å². The van der Waals surface area contributed by atoms with Gasteiger partial charge in [-0.05, 0) is 97.9 Å². The van der Waals surface area contributed by atoms with Crippen molar-refractivity contribution in [2.45, 2.75) is 66.0 Å². The number of para-hydroxylation sites is 1. The van der Waals surface area contributed by atoms with Crippen LogP contribution in [0.2, 0.25) is 0 Å². The monoisotopic (exact) mass is 508 g/mol. The van der Waals surface area contributed by atoms with E-state index >= 15 is 0 Å². The summed E-state index contributed by atoms with van der Waals surface area (Å²) in [6, 6.07) is 23.8. The number of nitrogens with one attached hydrogen (secondary N) is 1. The first-order chi connectivity index (χ1) is 17.8. The van der Waals surface area contributed by atoms with Gasteiger partial charge in [0, 0.05) is 23.3 Å². The predicted octanol–water partition coefficient (Wildman–Crippen LogP) is 7.66. The molecule has 1 aliphatic rings. The summed E-state index contributed by atoms with van der Waals surface area (Å²) in [5.74, 6) is 0.482. The van der Waals surface area contributed by atoms with Gasteiger partial charge in [-0.3, -0.25) is 4.98 Å². The number of aromatic nitrogens is 2. The van der Waals surface area contributed by atoms with E-state index in [9.17, 15) is 0 Å². The zero-order valence-corrected chi connectivity index (χ0v) is 23.4. The molecule has 190 valence electrons. The minimum Gasteiger partial charge on any atom is -0.351 e. The molecular formula is C32H36N4S. The molecule has 5 rings (SSSR count). The third-order valence-electron chi connectivity index (χ3n) is 7.65. The molecule has 4 aromatic rings. The average Bonchev–Trinajstić information content (AvgIpc) is 3.39. The van der Waals surface area contributed by atoms with E-state index in [0.717, 1.165) is 22.9 Å². The van der Waals surface area contributed by atoms with Crippen molar-refractivity contribution in [3.63, 3.8) is 0 Å². The molecule has 1 N–H and O–H groups in total. The lowest BCUT2D eigenvalue weighted by atomic mass is 9.96. The van der Waals surface area contributed by atoms with Crippen LogP contribution in [0.15, 0.2) is 72.9 Å². The maximum Gasteiger partial charge on any atom is 0.174 e. The number of aryl methyl sites for hydroxylation is 3. The van der Waals surface area contributed by atoms with Crippen LogP contribution in [0.25, 0.3) is 5.69 Å². The van der Waals surface area contributed by atoms with Crippen LogP contribution in [0.1, 0.15) is 78.1 Å². The number of anilines is 1. The van der Waals surface area contributed by atoms with Gasteiger partial charge >= 0.3 is 0 Å². The largest absolute Gasteiger partial charge is 0.351 e. The van der Waals surface area contributed by atoms with E-state index < -0.39 is 0 Å². The Hall–Kier alpha value is -3.44. The summed E-state index contributed by atoms with van der Waals surface area (Å²) >= 11 is 5.98. The SMILES string of the molecule is CCc1cccc(C)c1-n1c(C)cc([C@@H]2[C@@H](c3ccccn3)NC(=S)N2c2ccc(C(C)C)cc2)c1C. The predicted molar refractivity (Wildman–Crippen MR) is 158 cm³/mol. The van der Waals surface area contributed by atoms with E-state index in [1.165, 1.54) is 39.3 Å². The van der Waals surface area contributed by atoms with Crippen LogP contribution in [0.3, 0.4) is 0 Å². The van der Waals surface area contributed by atoms with E-state index in [1.807, 2.05) is 18.3 Å². The first-order valence-corrected chi connectivity index (χ1v) is 13.6. The van der Waals surface area contributed by atoms with Crippen molar-refractivity contribution >= 4 is 23.0 Å². The minimum absolute atomic E-state index is 0.0265. The molecular weight excluding hydrogens is 472 g/mol. The Bertz CT molecular complexity index is 1420.